The minimum atomic E-state index is -1.05. The number of nitrogens with one attached hydrogen (secondary N) is 1. The molecule has 12 heteroatoms. The third kappa shape index (κ3) is 4.20. The number of carbonyl (C=O) groups is 2. The van der Waals surface area contributed by atoms with Gasteiger partial charge in [-0.1, -0.05) is 47.5 Å². The number of alkyl halides is 1. The Kier molecular flexibility index (Phi) is 6.02. The van der Waals surface area contributed by atoms with Gasteiger partial charge >= 0.3 is 0 Å². The molecule has 0 saturated carbocycles. The molecule has 2 aromatic carbocycles. The largest absolute Gasteiger partial charge is 0.331 e. The summed E-state index contributed by atoms with van der Waals surface area (Å²) in [5.74, 6) is -0.427. The molecule has 0 aliphatic carbocycles. The molecule has 0 bridgehead atoms. The predicted molar refractivity (Wildman–Crippen MR) is 140 cm³/mol. The molecule has 1 aliphatic heterocycles. The van der Waals surface area contributed by atoms with Gasteiger partial charge in [0.2, 0.25) is 0 Å². The number of carbonyl (C=O) groups excluding carboxylic acids is 2. The zero-order valence-electron chi connectivity index (χ0n) is 18.9. The first kappa shape index (κ1) is 23.8. The van der Waals surface area contributed by atoms with Crippen LogP contribution in [0.5, 0.6) is 0 Å². The van der Waals surface area contributed by atoms with Gasteiger partial charge in [0.25, 0.3) is 5.91 Å². The Bertz CT molecular complexity index is 1650. The van der Waals surface area contributed by atoms with Crippen LogP contribution >= 0.6 is 34.5 Å². The monoisotopic (exact) mass is 554 g/mol. The van der Waals surface area contributed by atoms with Crippen molar-refractivity contribution < 1.29 is 14.0 Å². The number of rotatable bonds is 6. The van der Waals surface area contributed by atoms with E-state index in [-0.39, 0.29) is 13.0 Å². The van der Waals surface area contributed by atoms with Gasteiger partial charge in [0, 0.05) is 46.4 Å². The molecule has 1 unspecified atom stereocenters. The highest BCUT2D eigenvalue weighted by Crippen LogP contribution is 2.39. The van der Waals surface area contributed by atoms with Crippen molar-refractivity contribution in [2.75, 3.05) is 5.32 Å². The maximum Gasteiger partial charge on any atom is 0.257 e. The van der Waals surface area contributed by atoms with Crippen molar-refractivity contribution in [3.63, 3.8) is 0 Å². The number of anilines is 1. The van der Waals surface area contributed by atoms with E-state index in [1.165, 1.54) is 22.3 Å². The first-order valence-electron chi connectivity index (χ1n) is 11.2. The van der Waals surface area contributed by atoms with Gasteiger partial charge in [-0.2, -0.15) is 5.10 Å². The molecule has 8 nitrogen and oxygen atoms in total. The quantitative estimate of drug-likeness (QED) is 0.276. The highest BCUT2D eigenvalue weighted by atomic mass is 35.5. The van der Waals surface area contributed by atoms with Gasteiger partial charge in [-0.3, -0.25) is 19.6 Å². The number of hydrogen-bond donors (Lipinski definition) is 1. The molecule has 5 aromatic rings. The lowest BCUT2D eigenvalue weighted by Crippen LogP contribution is -2.28. The topological polar surface area (TPSA) is 94.7 Å². The Morgan fingerprint density at radius 3 is 2.78 bits per heavy atom. The van der Waals surface area contributed by atoms with E-state index in [4.69, 9.17) is 23.2 Å². The molecule has 2 atom stereocenters. The summed E-state index contributed by atoms with van der Waals surface area (Å²) in [4.78, 5) is 33.2. The maximum atomic E-state index is 14.2. The average molecular weight is 555 g/mol. The number of hydrogen-bond acceptors (Lipinski definition) is 6. The van der Waals surface area contributed by atoms with E-state index in [2.05, 4.69) is 20.4 Å². The van der Waals surface area contributed by atoms with Crippen LogP contribution in [-0.4, -0.2) is 42.7 Å². The molecule has 1 aliphatic rings. The zero-order valence-corrected chi connectivity index (χ0v) is 21.3. The van der Waals surface area contributed by atoms with E-state index in [9.17, 15) is 14.0 Å². The SMILES string of the molecule is O=Cc1ccc(-c2cc(Cl)c3cn(C(C(=O)Nc4nccs4)c4ncn5c4C[C@@H](F)C5)nc3c2Cl)cc1. The normalized spacial score (nSPS) is 15.6. The number of imidazole rings is 1. The van der Waals surface area contributed by atoms with E-state index >= 15 is 0 Å². The smallest absolute Gasteiger partial charge is 0.257 e. The van der Waals surface area contributed by atoms with E-state index < -0.39 is 18.1 Å². The molecular weight excluding hydrogens is 538 g/mol. The van der Waals surface area contributed by atoms with Crippen molar-refractivity contribution >= 4 is 62.8 Å². The lowest BCUT2D eigenvalue weighted by atomic mass is 10.0. The molecule has 0 radical (unpaired) electrons. The van der Waals surface area contributed by atoms with Crippen molar-refractivity contribution in [1.29, 1.82) is 0 Å². The van der Waals surface area contributed by atoms with Crippen LogP contribution in [-0.2, 0) is 17.8 Å². The lowest BCUT2D eigenvalue weighted by molar-refractivity contribution is -0.118. The fraction of sp³-hybridized carbons (Fsp3) is 0.160. The van der Waals surface area contributed by atoms with Gasteiger partial charge in [-0.05, 0) is 11.6 Å². The van der Waals surface area contributed by atoms with Gasteiger partial charge in [0.1, 0.15) is 18.0 Å². The second kappa shape index (κ2) is 9.37. The van der Waals surface area contributed by atoms with Gasteiger partial charge in [-0.25, -0.2) is 14.4 Å². The molecule has 1 N–H and O–H groups in total. The first-order valence-corrected chi connectivity index (χ1v) is 12.9. The van der Waals surface area contributed by atoms with Crippen LogP contribution in [0, 0.1) is 0 Å². The van der Waals surface area contributed by atoms with E-state index in [1.54, 1.807) is 52.7 Å². The summed E-state index contributed by atoms with van der Waals surface area (Å²) in [5.41, 5.74) is 3.36. The predicted octanol–water partition coefficient (Wildman–Crippen LogP) is 5.60. The van der Waals surface area contributed by atoms with Crippen LogP contribution in [0.1, 0.15) is 27.8 Å². The van der Waals surface area contributed by atoms with E-state index in [0.717, 1.165) is 11.8 Å². The summed E-state index contributed by atoms with van der Waals surface area (Å²) < 4.78 is 17.4. The standard InChI is InChI=1S/C25H17Cl2FN6O2S/c26-18-8-16(14-3-1-13(11-35)2-4-14)20(27)21-17(18)10-34(32-21)23(24(36)31-25-29-5-6-37-25)22-19-7-15(28)9-33(19)12-30-22/h1-6,8,10-12,15,23H,7,9H2,(H,29,31,36)/t15-,23?/m1/s1. The average Bonchev–Trinajstić information content (AvgIpc) is 3.68. The molecule has 37 heavy (non-hydrogen) atoms. The second-order valence-corrected chi connectivity index (χ2v) is 10.3. The van der Waals surface area contributed by atoms with Crippen molar-refractivity contribution in [2.24, 2.45) is 0 Å². The molecule has 0 saturated heterocycles. The Balaban J connectivity index is 1.48. The summed E-state index contributed by atoms with van der Waals surface area (Å²) >= 11 is 14.7. The van der Waals surface area contributed by atoms with Crippen molar-refractivity contribution in [1.82, 2.24) is 24.3 Å². The summed E-state index contributed by atoms with van der Waals surface area (Å²) in [6.07, 6.45) is 4.63. The van der Waals surface area contributed by atoms with Gasteiger partial charge in [0.05, 0.1) is 28.6 Å². The minimum absolute atomic E-state index is 0.152. The fourth-order valence-corrected chi connectivity index (χ4v) is 5.64. The van der Waals surface area contributed by atoms with Crippen LogP contribution in [0.25, 0.3) is 22.0 Å². The highest BCUT2D eigenvalue weighted by Gasteiger charge is 2.34. The number of thiazole rings is 1. The number of amides is 1. The molecule has 6 rings (SSSR count). The van der Waals surface area contributed by atoms with Crippen LogP contribution in [0.4, 0.5) is 9.52 Å². The summed E-state index contributed by atoms with van der Waals surface area (Å²) in [7, 11) is 0. The Morgan fingerprint density at radius 1 is 1.24 bits per heavy atom. The third-order valence-corrected chi connectivity index (χ3v) is 7.67. The second-order valence-electron chi connectivity index (χ2n) is 8.59. The molecular formula is C25H17Cl2FN6O2S. The lowest BCUT2D eigenvalue weighted by Gasteiger charge is -2.16. The Labute approximate surface area is 223 Å². The molecule has 4 heterocycles. The fourth-order valence-electron chi connectivity index (χ4n) is 4.55. The number of benzene rings is 2. The van der Waals surface area contributed by atoms with Crippen molar-refractivity contribution in [3.8, 4) is 11.1 Å². The van der Waals surface area contributed by atoms with Crippen LogP contribution < -0.4 is 5.32 Å². The summed E-state index contributed by atoms with van der Waals surface area (Å²) in [6.45, 7) is 0.189. The molecule has 0 spiro atoms. The number of aromatic nitrogens is 5. The van der Waals surface area contributed by atoms with Crippen LogP contribution in [0.15, 0.2) is 54.4 Å². The Morgan fingerprint density at radius 2 is 2.05 bits per heavy atom. The van der Waals surface area contributed by atoms with Crippen molar-refractivity contribution in [3.05, 3.63) is 81.4 Å². The van der Waals surface area contributed by atoms with Crippen LogP contribution in [0.2, 0.25) is 10.0 Å². The molecule has 1 amide bonds. The van der Waals surface area contributed by atoms with Crippen molar-refractivity contribution in [2.45, 2.75) is 25.2 Å². The number of halogens is 3. The van der Waals surface area contributed by atoms with Gasteiger partial charge in [-0.15, -0.1) is 11.3 Å². The zero-order chi connectivity index (χ0) is 25.7. The third-order valence-electron chi connectivity index (χ3n) is 6.29. The number of nitrogens with zero attached hydrogens (tertiary/aromatic N) is 5. The van der Waals surface area contributed by atoms with Crippen LogP contribution in [0.3, 0.4) is 0 Å². The summed E-state index contributed by atoms with van der Waals surface area (Å²) in [6, 6.07) is 7.63. The highest BCUT2D eigenvalue weighted by molar-refractivity contribution is 7.13. The first-order chi connectivity index (χ1) is 17.9. The van der Waals surface area contributed by atoms with Gasteiger partial charge < -0.3 is 4.57 Å². The molecule has 186 valence electrons. The number of aldehydes is 1. The number of fused-ring (bicyclic) bond motifs is 2. The summed E-state index contributed by atoms with van der Waals surface area (Å²) in [5, 5.41) is 10.9. The minimum Gasteiger partial charge on any atom is -0.331 e. The van der Waals surface area contributed by atoms with E-state index in [1.807, 2.05) is 0 Å². The van der Waals surface area contributed by atoms with E-state index in [0.29, 0.717) is 48.6 Å². The molecule has 3 aromatic heterocycles. The maximum absolute atomic E-state index is 14.2. The Hall–Kier alpha value is -3.60. The molecule has 0 fully saturated rings. The van der Waals surface area contributed by atoms with Gasteiger partial charge in [0.15, 0.2) is 11.2 Å².